The van der Waals surface area contributed by atoms with Crippen LogP contribution < -0.4 is 20.1 Å². The predicted molar refractivity (Wildman–Crippen MR) is 121 cm³/mol. The number of benzene rings is 2. The van der Waals surface area contributed by atoms with E-state index in [0.29, 0.717) is 23.3 Å². The molecule has 8 heteroatoms. The van der Waals surface area contributed by atoms with Gasteiger partial charge in [-0.3, -0.25) is 0 Å². The molecule has 2 heterocycles. The van der Waals surface area contributed by atoms with Crippen LogP contribution in [0.25, 0.3) is 5.69 Å². The van der Waals surface area contributed by atoms with Crippen LogP contribution in [-0.4, -0.2) is 34.0 Å². The fourth-order valence-corrected chi connectivity index (χ4v) is 3.16. The van der Waals surface area contributed by atoms with Gasteiger partial charge in [-0.05, 0) is 44.2 Å². The van der Waals surface area contributed by atoms with Crippen LogP contribution in [0.5, 0.6) is 11.5 Å². The molecule has 0 aliphatic heterocycles. The molecule has 0 aliphatic rings. The maximum absolute atomic E-state index is 5.36. The SMILES string of the molecule is COc1ccc(Nc2nccc(Nc3c(C)c(C)nn3-c3ccccc3)n2)cc1OC. The fraction of sp³-hybridized carbons (Fsp3) is 0.174. The minimum absolute atomic E-state index is 0.456. The number of methoxy groups -OCH3 is 2. The lowest BCUT2D eigenvalue weighted by Gasteiger charge is -2.12. The molecule has 8 nitrogen and oxygen atoms in total. The first-order chi connectivity index (χ1) is 15.1. The lowest BCUT2D eigenvalue weighted by Crippen LogP contribution is -2.06. The Morgan fingerprint density at radius 2 is 1.65 bits per heavy atom. The maximum Gasteiger partial charge on any atom is 0.229 e. The average Bonchev–Trinajstić information content (AvgIpc) is 3.08. The first-order valence-electron chi connectivity index (χ1n) is 9.80. The molecule has 0 bridgehead atoms. The van der Waals surface area contributed by atoms with Gasteiger partial charge in [0.05, 0.1) is 25.6 Å². The Bertz CT molecular complexity index is 1190. The standard InChI is InChI=1S/C23H24N6O2/c1-15-16(2)28-29(18-8-6-5-7-9-18)22(15)26-21-12-13-24-23(27-21)25-17-10-11-19(30-3)20(14-17)31-4/h5-14H,1-4H3,(H2,24,25,26,27). The van der Waals surface area contributed by atoms with Gasteiger partial charge in [0.2, 0.25) is 5.95 Å². The second-order valence-corrected chi connectivity index (χ2v) is 6.89. The van der Waals surface area contributed by atoms with E-state index in [1.54, 1.807) is 20.4 Å². The van der Waals surface area contributed by atoms with E-state index in [2.05, 4.69) is 25.7 Å². The minimum Gasteiger partial charge on any atom is -0.493 e. The van der Waals surface area contributed by atoms with Crippen molar-refractivity contribution in [2.75, 3.05) is 24.9 Å². The molecule has 0 aliphatic carbocycles. The van der Waals surface area contributed by atoms with E-state index in [4.69, 9.17) is 9.47 Å². The molecule has 2 N–H and O–H groups in total. The van der Waals surface area contributed by atoms with Gasteiger partial charge in [-0.2, -0.15) is 10.1 Å². The van der Waals surface area contributed by atoms with Gasteiger partial charge >= 0.3 is 0 Å². The molecule has 0 saturated heterocycles. The molecule has 4 aromatic rings. The van der Waals surface area contributed by atoms with E-state index in [9.17, 15) is 0 Å². The van der Waals surface area contributed by atoms with Crippen LogP contribution in [0.3, 0.4) is 0 Å². The zero-order valence-corrected chi connectivity index (χ0v) is 17.9. The van der Waals surface area contributed by atoms with Gasteiger partial charge in [-0.1, -0.05) is 18.2 Å². The number of hydrogen-bond acceptors (Lipinski definition) is 7. The summed E-state index contributed by atoms with van der Waals surface area (Å²) in [5, 5.41) is 11.3. The molecule has 0 amide bonds. The molecule has 0 radical (unpaired) electrons. The maximum atomic E-state index is 5.36. The van der Waals surface area contributed by atoms with Crippen molar-refractivity contribution in [2.45, 2.75) is 13.8 Å². The number of nitrogens with zero attached hydrogens (tertiary/aromatic N) is 4. The molecule has 0 saturated carbocycles. The summed E-state index contributed by atoms with van der Waals surface area (Å²) in [6.45, 7) is 4.03. The molecule has 4 rings (SSSR count). The second kappa shape index (κ2) is 8.74. The molecular weight excluding hydrogens is 392 g/mol. The molecule has 2 aromatic heterocycles. The summed E-state index contributed by atoms with van der Waals surface area (Å²) in [5.41, 5.74) is 3.76. The highest BCUT2D eigenvalue weighted by atomic mass is 16.5. The van der Waals surface area contributed by atoms with Gasteiger partial charge in [0.25, 0.3) is 0 Å². The normalized spacial score (nSPS) is 10.6. The van der Waals surface area contributed by atoms with Crippen molar-refractivity contribution >= 4 is 23.3 Å². The fourth-order valence-electron chi connectivity index (χ4n) is 3.16. The monoisotopic (exact) mass is 416 g/mol. The Kier molecular flexibility index (Phi) is 5.70. The topological polar surface area (TPSA) is 86.1 Å². The molecule has 158 valence electrons. The molecular formula is C23H24N6O2. The summed E-state index contributed by atoms with van der Waals surface area (Å²) in [6, 6.07) is 17.3. The van der Waals surface area contributed by atoms with Crippen molar-refractivity contribution in [3.63, 3.8) is 0 Å². The second-order valence-electron chi connectivity index (χ2n) is 6.89. The third-order valence-corrected chi connectivity index (χ3v) is 4.90. The molecule has 0 atom stereocenters. The van der Waals surface area contributed by atoms with Crippen molar-refractivity contribution in [2.24, 2.45) is 0 Å². The first kappa shape index (κ1) is 20.2. The van der Waals surface area contributed by atoms with Crippen LogP contribution in [0.4, 0.5) is 23.3 Å². The van der Waals surface area contributed by atoms with Crippen molar-refractivity contribution in [1.29, 1.82) is 0 Å². The van der Waals surface area contributed by atoms with Crippen molar-refractivity contribution < 1.29 is 9.47 Å². The van der Waals surface area contributed by atoms with E-state index < -0.39 is 0 Å². The summed E-state index contributed by atoms with van der Waals surface area (Å²) in [5.74, 6) is 3.25. The Hall–Kier alpha value is -4.07. The Balaban J connectivity index is 1.61. The number of aromatic nitrogens is 4. The van der Waals surface area contributed by atoms with Crippen molar-refractivity contribution in [1.82, 2.24) is 19.7 Å². The van der Waals surface area contributed by atoms with Gasteiger partial charge in [-0.25, -0.2) is 9.67 Å². The summed E-state index contributed by atoms with van der Waals surface area (Å²) in [6.07, 6.45) is 1.70. The van der Waals surface area contributed by atoms with Gasteiger partial charge in [0.15, 0.2) is 11.5 Å². The number of para-hydroxylation sites is 1. The number of ether oxygens (including phenoxy) is 2. The highest BCUT2D eigenvalue weighted by Crippen LogP contribution is 2.31. The number of aryl methyl sites for hydroxylation is 1. The summed E-state index contributed by atoms with van der Waals surface area (Å²) >= 11 is 0. The van der Waals surface area contributed by atoms with Gasteiger partial charge in [0.1, 0.15) is 11.6 Å². The third-order valence-electron chi connectivity index (χ3n) is 4.90. The molecule has 2 aromatic carbocycles. The zero-order valence-electron chi connectivity index (χ0n) is 17.9. The van der Waals surface area contributed by atoms with E-state index in [1.165, 1.54) is 0 Å². The molecule has 0 unspecified atom stereocenters. The van der Waals surface area contributed by atoms with Gasteiger partial charge in [-0.15, -0.1) is 0 Å². The highest BCUT2D eigenvalue weighted by Gasteiger charge is 2.14. The summed E-state index contributed by atoms with van der Waals surface area (Å²) in [4.78, 5) is 8.93. The summed E-state index contributed by atoms with van der Waals surface area (Å²) < 4.78 is 12.5. The van der Waals surface area contributed by atoms with Crippen LogP contribution >= 0.6 is 0 Å². The smallest absolute Gasteiger partial charge is 0.229 e. The lowest BCUT2D eigenvalue weighted by atomic mass is 10.2. The number of nitrogens with one attached hydrogen (secondary N) is 2. The quantitative estimate of drug-likeness (QED) is 0.448. The molecule has 31 heavy (non-hydrogen) atoms. The average molecular weight is 416 g/mol. The van der Waals surface area contributed by atoms with E-state index in [0.717, 1.165) is 28.5 Å². The van der Waals surface area contributed by atoms with Gasteiger partial charge in [0, 0.05) is 23.5 Å². The number of hydrogen-bond donors (Lipinski definition) is 2. The first-order valence-corrected chi connectivity index (χ1v) is 9.80. The van der Waals surface area contributed by atoms with Gasteiger partial charge < -0.3 is 20.1 Å². The molecule has 0 spiro atoms. The van der Waals surface area contributed by atoms with E-state index >= 15 is 0 Å². The zero-order chi connectivity index (χ0) is 21.8. The summed E-state index contributed by atoms with van der Waals surface area (Å²) in [7, 11) is 3.20. The third kappa shape index (κ3) is 4.28. The number of anilines is 4. The van der Waals surface area contributed by atoms with Crippen LogP contribution in [0.15, 0.2) is 60.8 Å². The van der Waals surface area contributed by atoms with E-state index in [-0.39, 0.29) is 0 Å². The Morgan fingerprint density at radius 3 is 2.39 bits per heavy atom. The van der Waals surface area contributed by atoms with Crippen LogP contribution in [0, 0.1) is 13.8 Å². The Labute approximate surface area is 180 Å². The largest absolute Gasteiger partial charge is 0.493 e. The van der Waals surface area contributed by atoms with Crippen LogP contribution in [-0.2, 0) is 0 Å². The van der Waals surface area contributed by atoms with Crippen molar-refractivity contribution in [3.05, 3.63) is 72.1 Å². The van der Waals surface area contributed by atoms with Crippen molar-refractivity contribution in [3.8, 4) is 17.2 Å². The highest BCUT2D eigenvalue weighted by molar-refractivity contribution is 5.63. The predicted octanol–water partition coefficient (Wildman–Crippen LogP) is 4.78. The lowest BCUT2D eigenvalue weighted by molar-refractivity contribution is 0.355. The Morgan fingerprint density at radius 1 is 0.871 bits per heavy atom. The molecule has 0 fully saturated rings. The van der Waals surface area contributed by atoms with Crippen LogP contribution in [0.1, 0.15) is 11.3 Å². The minimum atomic E-state index is 0.456. The van der Waals surface area contributed by atoms with E-state index in [1.807, 2.05) is 73.1 Å². The number of rotatable bonds is 7. The van der Waals surface area contributed by atoms with Crippen LogP contribution in [0.2, 0.25) is 0 Å².